The highest BCUT2D eigenvalue weighted by Crippen LogP contribution is 2.08. The Labute approximate surface area is 108 Å². The average molecular weight is 245 g/mol. The molecule has 0 radical (unpaired) electrons. The Balaban J connectivity index is 1.98. The number of nitrogens with zero attached hydrogens (tertiary/aromatic N) is 3. The maximum Gasteiger partial charge on any atom is 0.255 e. The Morgan fingerprint density at radius 1 is 1.39 bits per heavy atom. The lowest BCUT2D eigenvalue weighted by Crippen LogP contribution is -2.35. The summed E-state index contributed by atoms with van der Waals surface area (Å²) >= 11 is 0. The van der Waals surface area contributed by atoms with Crippen molar-refractivity contribution in [2.45, 2.75) is 6.42 Å². The van der Waals surface area contributed by atoms with Crippen LogP contribution < -0.4 is 0 Å². The van der Waals surface area contributed by atoms with Gasteiger partial charge >= 0.3 is 0 Å². The smallest absolute Gasteiger partial charge is 0.255 e. The van der Waals surface area contributed by atoms with E-state index in [0.29, 0.717) is 5.56 Å². The molecule has 1 aromatic heterocycles. The number of rotatable bonds is 3. The molecule has 1 saturated heterocycles. The number of hydrogen-bond acceptors (Lipinski definition) is 3. The Kier molecular flexibility index (Phi) is 4.47. The first-order chi connectivity index (χ1) is 8.81. The van der Waals surface area contributed by atoms with Crippen LogP contribution in [-0.2, 0) is 0 Å². The van der Waals surface area contributed by atoms with Crippen molar-refractivity contribution in [1.82, 2.24) is 14.8 Å². The monoisotopic (exact) mass is 245 g/mol. The largest absolute Gasteiger partial charge is 0.337 e. The maximum absolute atomic E-state index is 12.3. The van der Waals surface area contributed by atoms with Gasteiger partial charge in [0.05, 0.1) is 5.56 Å². The number of carbonyl (C=O) groups excluding carboxylic acids is 1. The van der Waals surface area contributed by atoms with Crippen LogP contribution >= 0.6 is 0 Å². The minimum absolute atomic E-state index is 0.0866. The van der Waals surface area contributed by atoms with Crippen molar-refractivity contribution in [2.24, 2.45) is 0 Å². The van der Waals surface area contributed by atoms with Gasteiger partial charge in [-0.05, 0) is 18.6 Å². The van der Waals surface area contributed by atoms with E-state index in [2.05, 4.69) is 16.5 Å². The molecule has 1 aromatic rings. The highest BCUT2D eigenvalue weighted by Gasteiger charge is 2.19. The molecule has 1 amide bonds. The van der Waals surface area contributed by atoms with Crippen molar-refractivity contribution in [2.75, 3.05) is 32.7 Å². The standard InChI is InChI=1S/C14H19N3O/c1-2-7-16-8-4-9-17(11-10-16)14(18)13-5-3-6-15-12-13/h2-3,5-6,12H,1,4,7-11H2. The molecule has 2 rings (SSSR count). The van der Waals surface area contributed by atoms with Crippen molar-refractivity contribution in [1.29, 1.82) is 0 Å². The molecule has 0 spiro atoms. The second-order valence-corrected chi connectivity index (χ2v) is 4.48. The summed E-state index contributed by atoms with van der Waals surface area (Å²) in [6, 6.07) is 3.62. The van der Waals surface area contributed by atoms with Gasteiger partial charge in [0.15, 0.2) is 0 Å². The molecule has 4 nitrogen and oxygen atoms in total. The van der Waals surface area contributed by atoms with E-state index in [9.17, 15) is 4.79 Å². The predicted molar refractivity (Wildman–Crippen MR) is 71.4 cm³/mol. The fourth-order valence-electron chi connectivity index (χ4n) is 2.21. The Morgan fingerprint density at radius 2 is 2.28 bits per heavy atom. The number of amides is 1. The summed E-state index contributed by atoms with van der Waals surface area (Å²) in [6.07, 6.45) is 6.25. The summed E-state index contributed by atoms with van der Waals surface area (Å²) in [5.41, 5.74) is 0.676. The van der Waals surface area contributed by atoms with Gasteiger partial charge in [-0.1, -0.05) is 6.08 Å². The second kappa shape index (κ2) is 6.31. The lowest BCUT2D eigenvalue weighted by molar-refractivity contribution is 0.0761. The minimum Gasteiger partial charge on any atom is -0.337 e. The van der Waals surface area contributed by atoms with Crippen LogP contribution in [-0.4, -0.2) is 53.4 Å². The van der Waals surface area contributed by atoms with Crippen molar-refractivity contribution in [3.05, 3.63) is 42.7 Å². The highest BCUT2D eigenvalue weighted by atomic mass is 16.2. The Bertz CT molecular complexity index is 405. The van der Waals surface area contributed by atoms with E-state index < -0.39 is 0 Å². The molecule has 0 aromatic carbocycles. The summed E-state index contributed by atoms with van der Waals surface area (Å²) in [5.74, 6) is 0.0866. The molecule has 96 valence electrons. The lowest BCUT2D eigenvalue weighted by Gasteiger charge is -2.21. The zero-order valence-corrected chi connectivity index (χ0v) is 10.6. The Morgan fingerprint density at radius 3 is 3.00 bits per heavy atom. The molecule has 2 heterocycles. The van der Waals surface area contributed by atoms with Gasteiger partial charge in [-0.25, -0.2) is 0 Å². The molecule has 0 bridgehead atoms. The topological polar surface area (TPSA) is 36.4 Å². The first-order valence-corrected chi connectivity index (χ1v) is 6.34. The molecular weight excluding hydrogens is 226 g/mol. The molecule has 1 fully saturated rings. The zero-order chi connectivity index (χ0) is 12.8. The average Bonchev–Trinajstić information content (AvgIpc) is 2.65. The van der Waals surface area contributed by atoms with Crippen LogP contribution in [0.3, 0.4) is 0 Å². The number of hydrogen-bond donors (Lipinski definition) is 0. The molecule has 0 N–H and O–H groups in total. The maximum atomic E-state index is 12.3. The first-order valence-electron chi connectivity index (χ1n) is 6.34. The van der Waals surface area contributed by atoms with Gasteiger partial charge in [0, 0.05) is 45.1 Å². The molecule has 1 aliphatic rings. The molecular formula is C14H19N3O. The van der Waals surface area contributed by atoms with Gasteiger partial charge in [-0.2, -0.15) is 0 Å². The molecule has 1 aliphatic heterocycles. The van der Waals surface area contributed by atoms with Gasteiger partial charge in [-0.3, -0.25) is 14.7 Å². The van der Waals surface area contributed by atoms with Gasteiger partial charge in [0.25, 0.3) is 5.91 Å². The van der Waals surface area contributed by atoms with Crippen LogP contribution in [0.1, 0.15) is 16.8 Å². The normalized spacial score (nSPS) is 17.2. The minimum atomic E-state index is 0.0866. The molecule has 18 heavy (non-hydrogen) atoms. The fraction of sp³-hybridized carbons (Fsp3) is 0.429. The first kappa shape index (κ1) is 12.8. The van der Waals surface area contributed by atoms with E-state index in [-0.39, 0.29) is 5.91 Å². The molecule has 0 unspecified atom stereocenters. The third kappa shape index (κ3) is 3.17. The lowest BCUT2D eigenvalue weighted by atomic mass is 10.2. The second-order valence-electron chi connectivity index (χ2n) is 4.48. The van der Waals surface area contributed by atoms with Crippen LogP contribution in [0.15, 0.2) is 37.2 Å². The van der Waals surface area contributed by atoms with Gasteiger partial charge < -0.3 is 4.90 Å². The van der Waals surface area contributed by atoms with E-state index in [1.54, 1.807) is 18.5 Å². The molecule has 0 aliphatic carbocycles. The SMILES string of the molecule is C=CCN1CCCN(C(=O)c2cccnc2)CC1. The van der Waals surface area contributed by atoms with Crippen molar-refractivity contribution < 1.29 is 4.79 Å². The van der Waals surface area contributed by atoms with E-state index in [1.165, 1.54) is 0 Å². The Hall–Kier alpha value is -1.68. The summed E-state index contributed by atoms with van der Waals surface area (Å²) in [6.45, 7) is 8.20. The number of carbonyl (C=O) groups is 1. The van der Waals surface area contributed by atoms with Gasteiger partial charge in [0.2, 0.25) is 0 Å². The van der Waals surface area contributed by atoms with E-state index in [4.69, 9.17) is 0 Å². The van der Waals surface area contributed by atoms with Crippen LogP contribution in [0.2, 0.25) is 0 Å². The fourth-order valence-corrected chi connectivity index (χ4v) is 2.21. The summed E-state index contributed by atoms with van der Waals surface area (Å²) in [7, 11) is 0. The summed E-state index contributed by atoms with van der Waals surface area (Å²) in [5, 5.41) is 0. The predicted octanol–water partition coefficient (Wildman–Crippen LogP) is 1.42. The highest BCUT2D eigenvalue weighted by molar-refractivity contribution is 5.93. The van der Waals surface area contributed by atoms with Gasteiger partial charge in [0.1, 0.15) is 0 Å². The van der Waals surface area contributed by atoms with Crippen LogP contribution in [0.5, 0.6) is 0 Å². The van der Waals surface area contributed by atoms with Gasteiger partial charge in [-0.15, -0.1) is 6.58 Å². The molecule has 0 saturated carbocycles. The van der Waals surface area contributed by atoms with Crippen LogP contribution in [0.4, 0.5) is 0 Å². The quantitative estimate of drug-likeness (QED) is 0.756. The molecule has 4 heteroatoms. The number of aromatic nitrogens is 1. The van der Waals surface area contributed by atoms with Crippen molar-refractivity contribution >= 4 is 5.91 Å². The van der Waals surface area contributed by atoms with E-state index >= 15 is 0 Å². The van der Waals surface area contributed by atoms with E-state index in [0.717, 1.165) is 39.1 Å². The number of pyridine rings is 1. The van der Waals surface area contributed by atoms with Crippen LogP contribution in [0, 0.1) is 0 Å². The zero-order valence-electron chi connectivity index (χ0n) is 10.6. The third-order valence-electron chi connectivity index (χ3n) is 3.17. The molecule has 0 atom stereocenters. The van der Waals surface area contributed by atoms with Crippen molar-refractivity contribution in [3.8, 4) is 0 Å². The third-order valence-corrected chi connectivity index (χ3v) is 3.17. The van der Waals surface area contributed by atoms with E-state index in [1.807, 2.05) is 17.0 Å². The van der Waals surface area contributed by atoms with Crippen LogP contribution in [0.25, 0.3) is 0 Å². The summed E-state index contributed by atoms with van der Waals surface area (Å²) < 4.78 is 0. The summed E-state index contributed by atoms with van der Waals surface area (Å²) in [4.78, 5) is 20.5. The van der Waals surface area contributed by atoms with Crippen molar-refractivity contribution in [3.63, 3.8) is 0 Å².